The summed E-state index contributed by atoms with van der Waals surface area (Å²) in [5.74, 6) is 0.0853. The van der Waals surface area contributed by atoms with Gasteiger partial charge in [-0.05, 0) is 31.9 Å². The molecule has 1 aromatic rings. The molecule has 18 heavy (non-hydrogen) atoms. The summed E-state index contributed by atoms with van der Waals surface area (Å²) in [4.78, 5) is 0. The molecule has 0 heterocycles. The summed E-state index contributed by atoms with van der Waals surface area (Å²) in [6.07, 6.45) is -0.380. The van der Waals surface area contributed by atoms with E-state index in [2.05, 4.69) is 36.5 Å². The molecule has 0 aromatic heterocycles. The molecule has 4 N–H and O–H groups in total. The van der Waals surface area contributed by atoms with Crippen molar-refractivity contribution in [1.82, 2.24) is 0 Å². The zero-order chi connectivity index (χ0) is 13.5. The molecular weight excluding hydrogens is 230 g/mol. The summed E-state index contributed by atoms with van der Waals surface area (Å²) in [6.45, 7) is 7.04. The Morgan fingerprint density at radius 2 is 2.06 bits per heavy atom. The zero-order valence-electron chi connectivity index (χ0n) is 11.1. The van der Waals surface area contributed by atoms with E-state index >= 15 is 0 Å². The van der Waals surface area contributed by atoms with Gasteiger partial charge in [-0.25, -0.2) is 0 Å². The van der Waals surface area contributed by atoms with Crippen molar-refractivity contribution in [2.24, 2.45) is 10.9 Å². The first-order valence-corrected chi connectivity index (χ1v) is 5.95. The molecule has 0 aliphatic carbocycles. The van der Waals surface area contributed by atoms with E-state index in [1.807, 2.05) is 6.07 Å². The van der Waals surface area contributed by atoms with Crippen molar-refractivity contribution in [2.45, 2.75) is 26.9 Å². The molecule has 0 saturated carbocycles. The molecule has 1 unspecified atom stereocenters. The lowest BCUT2D eigenvalue weighted by molar-refractivity contribution is 0.115. The maximum absolute atomic E-state index is 8.48. The quantitative estimate of drug-likeness (QED) is 0.237. The lowest BCUT2D eigenvalue weighted by Gasteiger charge is -2.14. The van der Waals surface area contributed by atoms with Gasteiger partial charge in [-0.1, -0.05) is 23.4 Å². The summed E-state index contributed by atoms with van der Waals surface area (Å²) >= 11 is 0. The Hall–Kier alpha value is -1.75. The van der Waals surface area contributed by atoms with Crippen LogP contribution in [0.3, 0.4) is 0 Å². The fourth-order valence-electron chi connectivity index (χ4n) is 1.67. The van der Waals surface area contributed by atoms with Crippen LogP contribution in [0.4, 0.5) is 5.69 Å². The molecule has 0 spiro atoms. The number of ether oxygens (including phenoxy) is 1. The predicted octanol–water partition coefficient (Wildman–Crippen LogP) is 1.87. The van der Waals surface area contributed by atoms with Crippen LogP contribution in [0.5, 0.6) is 0 Å². The summed E-state index contributed by atoms with van der Waals surface area (Å²) in [6, 6.07) is 6.16. The third-order valence-electron chi connectivity index (χ3n) is 2.78. The molecule has 1 rings (SSSR count). The number of nitrogens with two attached hydrogens (primary N) is 1. The van der Waals surface area contributed by atoms with E-state index in [1.54, 1.807) is 6.92 Å². The van der Waals surface area contributed by atoms with Crippen molar-refractivity contribution in [3.05, 3.63) is 29.3 Å². The molecule has 0 bridgehead atoms. The van der Waals surface area contributed by atoms with Gasteiger partial charge >= 0.3 is 0 Å². The first kappa shape index (κ1) is 14.3. The second-order valence-corrected chi connectivity index (χ2v) is 4.23. The lowest BCUT2D eigenvalue weighted by atomic mass is 10.1. The Bertz CT molecular complexity index is 398. The van der Waals surface area contributed by atoms with Crippen LogP contribution < -0.4 is 11.1 Å². The Kier molecular flexibility index (Phi) is 5.45. The van der Waals surface area contributed by atoms with Gasteiger partial charge in [0.1, 0.15) is 6.10 Å². The van der Waals surface area contributed by atoms with Crippen molar-refractivity contribution in [3.8, 4) is 0 Å². The van der Waals surface area contributed by atoms with Gasteiger partial charge in [0.05, 0.1) is 6.61 Å². The minimum atomic E-state index is -0.380. The number of benzene rings is 1. The number of amidine groups is 1. The van der Waals surface area contributed by atoms with Crippen molar-refractivity contribution in [1.29, 1.82) is 0 Å². The summed E-state index contributed by atoms with van der Waals surface area (Å²) in [5, 5.41) is 14.7. The van der Waals surface area contributed by atoms with Crippen LogP contribution in [0.1, 0.15) is 18.1 Å². The van der Waals surface area contributed by atoms with Gasteiger partial charge in [0.15, 0.2) is 5.84 Å². The highest BCUT2D eigenvalue weighted by molar-refractivity contribution is 5.83. The number of hydrogen-bond acceptors (Lipinski definition) is 4. The van der Waals surface area contributed by atoms with Crippen molar-refractivity contribution in [2.75, 3.05) is 18.5 Å². The highest BCUT2D eigenvalue weighted by Crippen LogP contribution is 2.18. The Balaban J connectivity index is 2.39. The summed E-state index contributed by atoms with van der Waals surface area (Å²) < 4.78 is 5.42. The van der Waals surface area contributed by atoms with Crippen molar-refractivity contribution < 1.29 is 9.94 Å². The molecule has 1 aromatic carbocycles. The summed E-state index contributed by atoms with van der Waals surface area (Å²) in [5.41, 5.74) is 8.96. The molecule has 0 saturated heterocycles. The average molecular weight is 251 g/mol. The maximum atomic E-state index is 8.48. The topological polar surface area (TPSA) is 79.9 Å². The van der Waals surface area contributed by atoms with Gasteiger partial charge in [0, 0.05) is 12.2 Å². The largest absolute Gasteiger partial charge is 0.409 e. The Morgan fingerprint density at radius 3 is 2.61 bits per heavy atom. The van der Waals surface area contributed by atoms with Crippen LogP contribution in [0.25, 0.3) is 0 Å². The minimum absolute atomic E-state index is 0.0853. The maximum Gasteiger partial charge on any atom is 0.168 e. The number of nitrogens with one attached hydrogen (secondary N) is 1. The van der Waals surface area contributed by atoms with Gasteiger partial charge < -0.3 is 21.0 Å². The number of aryl methyl sites for hydroxylation is 2. The number of oxime groups is 1. The van der Waals surface area contributed by atoms with Gasteiger partial charge in [-0.15, -0.1) is 0 Å². The molecule has 0 aliphatic rings. The van der Waals surface area contributed by atoms with Crippen molar-refractivity contribution in [3.63, 3.8) is 0 Å². The van der Waals surface area contributed by atoms with Crippen LogP contribution in [0.15, 0.2) is 23.4 Å². The Morgan fingerprint density at radius 1 is 1.44 bits per heavy atom. The molecule has 0 aliphatic heterocycles. The van der Waals surface area contributed by atoms with Crippen LogP contribution in [-0.4, -0.2) is 30.3 Å². The number of para-hydroxylation sites is 1. The van der Waals surface area contributed by atoms with Gasteiger partial charge in [0.25, 0.3) is 0 Å². The molecule has 5 nitrogen and oxygen atoms in total. The molecule has 0 fully saturated rings. The monoisotopic (exact) mass is 251 g/mol. The number of anilines is 1. The van der Waals surface area contributed by atoms with Crippen molar-refractivity contribution >= 4 is 11.5 Å². The van der Waals surface area contributed by atoms with Crippen LogP contribution in [0, 0.1) is 13.8 Å². The summed E-state index contributed by atoms with van der Waals surface area (Å²) in [7, 11) is 0. The van der Waals surface area contributed by atoms with E-state index in [-0.39, 0.29) is 11.9 Å². The molecular formula is C13H21N3O2. The highest BCUT2D eigenvalue weighted by atomic mass is 16.5. The normalized spacial score (nSPS) is 13.4. The van der Waals surface area contributed by atoms with Crippen LogP contribution in [0.2, 0.25) is 0 Å². The average Bonchev–Trinajstić information content (AvgIpc) is 2.36. The first-order valence-electron chi connectivity index (χ1n) is 5.95. The van der Waals surface area contributed by atoms with E-state index in [4.69, 9.17) is 15.7 Å². The minimum Gasteiger partial charge on any atom is -0.409 e. The smallest absolute Gasteiger partial charge is 0.168 e. The van der Waals surface area contributed by atoms with E-state index in [9.17, 15) is 0 Å². The molecule has 0 radical (unpaired) electrons. The molecule has 100 valence electrons. The third kappa shape index (κ3) is 3.92. The first-order chi connectivity index (χ1) is 8.56. The van der Waals surface area contributed by atoms with E-state index < -0.39 is 0 Å². The second-order valence-electron chi connectivity index (χ2n) is 4.23. The zero-order valence-corrected chi connectivity index (χ0v) is 11.1. The number of rotatable bonds is 6. The lowest BCUT2D eigenvalue weighted by Crippen LogP contribution is -2.30. The second kappa shape index (κ2) is 6.86. The molecule has 0 amide bonds. The molecule has 5 heteroatoms. The van der Waals surface area contributed by atoms with Gasteiger partial charge in [0.2, 0.25) is 0 Å². The van der Waals surface area contributed by atoms with Gasteiger partial charge in [-0.2, -0.15) is 0 Å². The Labute approximate surface area is 108 Å². The van der Waals surface area contributed by atoms with Crippen LogP contribution in [-0.2, 0) is 4.74 Å². The molecule has 1 atom stereocenters. The van der Waals surface area contributed by atoms with E-state index in [0.29, 0.717) is 13.2 Å². The fraction of sp³-hybridized carbons (Fsp3) is 0.462. The van der Waals surface area contributed by atoms with E-state index in [0.717, 1.165) is 5.69 Å². The third-order valence-corrected chi connectivity index (χ3v) is 2.78. The fourth-order valence-corrected chi connectivity index (χ4v) is 1.67. The standard InChI is InChI=1S/C13H21N3O2/c1-9-5-4-6-10(2)12(9)15-7-8-18-11(3)13(14)16-17/h4-6,11,15,17H,7-8H2,1-3H3,(H2,14,16). The number of nitrogens with zero attached hydrogens (tertiary/aromatic N) is 1. The van der Waals surface area contributed by atoms with Gasteiger partial charge in [-0.3, -0.25) is 0 Å². The highest BCUT2D eigenvalue weighted by Gasteiger charge is 2.07. The predicted molar refractivity (Wildman–Crippen MR) is 73.2 cm³/mol. The van der Waals surface area contributed by atoms with Crippen LogP contribution >= 0.6 is 0 Å². The van der Waals surface area contributed by atoms with E-state index in [1.165, 1.54) is 11.1 Å². The number of hydrogen-bond donors (Lipinski definition) is 3. The SMILES string of the molecule is Cc1cccc(C)c1NCCOC(C)/C(N)=N/O.